The van der Waals surface area contributed by atoms with E-state index in [0.29, 0.717) is 12.8 Å². The van der Waals surface area contributed by atoms with Gasteiger partial charge in [0, 0.05) is 29.9 Å². The summed E-state index contributed by atoms with van der Waals surface area (Å²) in [6.45, 7) is 4.00. The summed E-state index contributed by atoms with van der Waals surface area (Å²) in [5.74, 6) is -1.21. The molecule has 2 aliphatic heterocycles. The van der Waals surface area contributed by atoms with Crippen molar-refractivity contribution in [1.29, 1.82) is 0 Å². The number of allylic oxidation sites excluding steroid dienone is 3. The van der Waals surface area contributed by atoms with Crippen molar-refractivity contribution in [2.24, 2.45) is 11.8 Å². The predicted octanol–water partition coefficient (Wildman–Crippen LogP) is 2.82. The van der Waals surface area contributed by atoms with Gasteiger partial charge in [0.15, 0.2) is 5.78 Å². The summed E-state index contributed by atoms with van der Waals surface area (Å²) in [5, 5.41) is 0. The number of imide groups is 1. The topological polar surface area (TPSA) is 57.7 Å². The van der Waals surface area contributed by atoms with Gasteiger partial charge in [-0.3, -0.25) is 19.3 Å². The Morgan fingerprint density at radius 3 is 2.30 bits per heavy atom. The number of ketones is 1. The second-order valence-corrected chi connectivity index (χ2v) is 8.12. The van der Waals surface area contributed by atoms with E-state index in [9.17, 15) is 14.4 Å². The first-order chi connectivity index (χ1) is 12.8. The molecule has 140 valence electrons. The molecular formula is C22H24N2O3. The Bertz CT molecular complexity index is 871. The van der Waals surface area contributed by atoms with Crippen LogP contribution in [0.4, 0.5) is 5.69 Å². The van der Waals surface area contributed by atoms with Gasteiger partial charge in [0.25, 0.3) is 0 Å². The van der Waals surface area contributed by atoms with Crippen LogP contribution in [0.5, 0.6) is 0 Å². The van der Waals surface area contributed by atoms with Crippen LogP contribution in [0.25, 0.3) is 0 Å². The van der Waals surface area contributed by atoms with Crippen molar-refractivity contribution in [3.63, 3.8) is 0 Å². The van der Waals surface area contributed by atoms with Crippen LogP contribution in [0, 0.1) is 11.8 Å². The molecule has 2 amide bonds. The van der Waals surface area contributed by atoms with E-state index in [1.807, 2.05) is 42.3 Å². The van der Waals surface area contributed by atoms with Gasteiger partial charge in [-0.2, -0.15) is 0 Å². The number of likely N-dealkylation sites (N-methyl/N-ethyl adjacent to an activating group) is 1. The van der Waals surface area contributed by atoms with Crippen molar-refractivity contribution >= 4 is 23.3 Å². The third kappa shape index (κ3) is 2.64. The molecule has 0 aromatic heterocycles. The number of likely N-dealkylation sites (tertiary alicyclic amines) is 1. The zero-order valence-electron chi connectivity index (χ0n) is 15.9. The standard InChI is InChI=1S/C22H24N2O3/c1-22(2)17-10-6-7-11-18(17)23(3)19(22)12-14(25)13-24-20(26)15-8-4-5-9-16(15)21(24)27/h4-7,10-12,15-16H,8-9,13H2,1-3H3/b19-12-. The maximum absolute atomic E-state index is 12.8. The number of amides is 2. The molecule has 3 aliphatic rings. The molecule has 1 aromatic carbocycles. The van der Waals surface area contributed by atoms with E-state index in [4.69, 9.17) is 0 Å². The van der Waals surface area contributed by atoms with Gasteiger partial charge in [-0.25, -0.2) is 0 Å². The normalized spacial score (nSPS) is 27.3. The molecule has 0 N–H and O–H groups in total. The second-order valence-electron chi connectivity index (χ2n) is 8.12. The number of carbonyl (C=O) groups is 3. The maximum atomic E-state index is 12.8. The van der Waals surface area contributed by atoms with Crippen molar-refractivity contribution in [3.05, 3.63) is 53.8 Å². The summed E-state index contributed by atoms with van der Waals surface area (Å²) in [4.78, 5) is 41.1. The van der Waals surface area contributed by atoms with Gasteiger partial charge >= 0.3 is 0 Å². The van der Waals surface area contributed by atoms with Gasteiger partial charge in [-0.15, -0.1) is 0 Å². The zero-order valence-corrected chi connectivity index (χ0v) is 15.9. The van der Waals surface area contributed by atoms with Crippen molar-refractivity contribution in [2.75, 3.05) is 18.5 Å². The van der Waals surface area contributed by atoms with E-state index in [1.165, 1.54) is 0 Å². The lowest BCUT2D eigenvalue weighted by Gasteiger charge is -2.24. The number of fused-ring (bicyclic) bond motifs is 2. The molecule has 0 radical (unpaired) electrons. The summed E-state index contributed by atoms with van der Waals surface area (Å²) < 4.78 is 0. The van der Waals surface area contributed by atoms with Crippen LogP contribution in [-0.2, 0) is 19.8 Å². The third-order valence-corrected chi connectivity index (χ3v) is 6.15. The predicted molar refractivity (Wildman–Crippen MR) is 103 cm³/mol. The quantitative estimate of drug-likeness (QED) is 0.470. The van der Waals surface area contributed by atoms with Crippen LogP contribution >= 0.6 is 0 Å². The lowest BCUT2D eigenvalue weighted by atomic mass is 9.83. The summed E-state index contributed by atoms with van der Waals surface area (Å²) in [7, 11) is 1.94. The molecule has 5 heteroatoms. The number of carbonyl (C=O) groups excluding carboxylic acids is 3. The Morgan fingerprint density at radius 1 is 1.11 bits per heavy atom. The van der Waals surface area contributed by atoms with Gasteiger partial charge in [-0.1, -0.05) is 44.2 Å². The molecule has 0 saturated carbocycles. The van der Waals surface area contributed by atoms with Crippen LogP contribution in [0.15, 0.2) is 48.2 Å². The molecule has 27 heavy (non-hydrogen) atoms. The van der Waals surface area contributed by atoms with Crippen molar-refractivity contribution in [2.45, 2.75) is 32.1 Å². The minimum absolute atomic E-state index is 0.172. The van der Waals surface area contributed by atoms with E-state index in [2.05, 4.69) is 19.9 Å². The molecule has 1 fully saturated rings. The van der Waals surface area contributed by atoms with Crippen LogP contribution in [0.1, 0.15) is 32.3 Å². The molecule has 0 bridgehead atoms. The molecular weight excluding hydrogens is 340 g/mol. The molecule has 2 heterocycles. The fourth-order valence-electron chi connectivity index (χ4n) is 4.64. The van der Waals surface area contributed by atoms with Gasteiger partial charge in [0.05, 0.1) is 18.4 Å². The monoisotopic (exact) mass is 364 g/mol. The number of para-hydroxylation sites is 1. The van der Waals surface area contributed by atoms with Crippen molar-refractivity contribution in [3.8, 4) is 0 Å². The average molecular weight is 364 g/mol. The van der Waals surface area contributed by atoms with E-state index >= 15 is 0 Å². The third-order valence-electron chi connectivity index (χ3n) is 6.15. The number of nitrogens with zero attached hydrogens (tertiary/aromatic N) is 2. The summed E-state index contributed by atoms with van der Waals surface area (Å²) >= 11 is 0. The number of anilines is 1. The minimum Gasteiger partial charge on any atom is -0.347 e. The van der Waals surface area contributed by atoms with E-state index in [-0.39, 0.29) is 41.4 Å². The Labute approximate surface area is 159 Å². The molecule has 2 atom stereocenters. The van der Waals surface area contributed by atoms with Crippen LogP contribution < -0.4 is 4.90 Å². The van der Waals surface area contributed by atoms with Gasteiger partial charge in [0.2, 0.25) is 11.8 Å². The molecule has 2 unspecified atom stereocenters. The van der Waals surface area contributed by atoms with Crippen LogP contribution in [-0.4, -0.2) is 36.1 Å². The number of hydrogen-bond donors (Lipinski definition) is 0. The Kier molecular flexibility index (Phi) is 4.06. The molecule has 0 spiro atoms. The first-order valence-electron chi connectivity index (χ1n) is 9.41. The SMILES string of the molecule is CN1/C(=C\C(=O)CN2C(=O)C3CC=CCC3C2=O)C(C)(C)c2ccccc21. The Morgan fingerprint density at radius 2 is 1.70 bits per heavy atom. The fourth-order valence-corrected chi connectivity index (χ4v) is 4.64. The summed E-state index contributed by atoms with van der Waals surface area (Å²) in [6.07, 6.45) is 6.68. The summed E-state index contributed by atoms with van der Waals surface area (Å²) in [5.41, 5.74) is 2.81. The fraction of sp³-hybridized carbons (Fsp3) is 0.409. The zero-order chi connectivity index (χ0) is 19.3. The first-order valence-corrected chi connectivity index (χ1v) is 9.41. The largest absolute Gasteiger partial charge is 0.347 e. The molecule has 4 rings (SSSR count). The van der Waals surface area contributed by atoms with Crippen molar-refractivity contribution in [1.82, 2.24) is 4.90 Å². The highest BCUT2D eigenvalue weighted by atomic mass is 16.2. The average Bonchev–Trinajstić information content (AvgIpc) is 3.01. The first kappa shape index (κ1) is 17.7. The van der Waals surface area contributed by atoms with Crippen LogP contribution in [0.3, 0.4) is 0 Å². The van der Waals surface area contributed by atoms with E-state index < -0.39 is 0 Å². The number of benzene rings is 1. The second kappa shape index (κ2) is 6.19. The maximum Gasteiger partial charge on any atom is 0.233 e. The number of hydrogen-bond acceptors (Lipinski definition) is 4. The highest BCUT2D eigenvalue weighted by Gasteiger charge is 2.47. The highest BCUT2D eigenvalue weighted by Crippen LogP contribution is 2.46. The molecule has 1 aliphatic carbocycles. The minimum atomic E-state index is -0.308. The number of rotatable bonds is 3. The Hall–Kier alpha value is -2.69. The smallest absolute Gasteiger partial charge is 0.233 e. The summed E-state index contributed by atoms with van der Waals surface area (Å²) in [6, 6.07) is 8.08. The van der Waals surface area contributed by atoms with Crippen molar-refractivity contribution < 1.29 is 14.4 Å². The van der Waals surface area contributed by atoms with Gasteiger partial charge < -0.3 is 4.90 Å². The van der Waals surface area contributed by atoms with Crippen LogP contribution in [0.2, 0.25) is 0 Å². The lowest BCUT2D eigenvalue weighted by molar-refractivity contribution is -0.142. The molecule has 1 aromatic rings. The molecule has 5 nitrogen and oxygen atoms in total. The Balaban J connectivity index is 1.56. The lowest BCUT2D eigenvalue weighted by Crippen LogP contribution is -2.36. The van der Waals surface area contributed by atoms with E-state index in [1.54, 1.807) is 6.08 Å². The van der Waals surface area contributed by atoms with E-state index in [0.717, 1.165) is 21.8 Å². The molecule has 1 saturated heterocycles. The van der Waals surface area contributed by atoms with Gasteiger partial charge in [0.1, 0.15) is 0 Å². The van der Waals surface area contributed by atoms with Gasteiger partial charge in [-0.05, 0) is 24.5 Å². The highest BCUT2D eigenvalue weighted by molar-refractivity contribution is 6.09.